The topological polar surface area (TPSA) is 45.2 Å². The average molecular weight is 416 g/mol. The first-order valence-corrected chi connectivity index (χ1v) is 10.9. The van der Waals surface area contributed by atoms with Crippen LogP contribution in [0.1, 0.15) is 35.1 Å². The summed E-state index contributed by atoms with van der Waals surface area (Å²) in [5.74, 6) is 0.0404. The molecule has 0 aliphatic rings. The zero-order valence-corrected chi connectivity index (χ0v) is 18.0. The second kappa shape index (κ2) is 9.20. The van der Waals surface area contributed by atoms with Gasteiger partial charge in [0.05, 0.1) is 28.8 Å². The molecular formula is C25H25N3OS. The van der Waals surface area contributed by atoms with Crippen molar-refractivity contribution in [2.24, 2.45) is 0 Å². The number of amides is 1. The lowest BCUT2D eigenvalue weighted by Crippen LogP contribution is -2.38. The van der Waals surface area contributed by atoms with Gasteiger partial charge in [0, 0.05) is 7.05 Å². The quantitative estimate of drug-likeness (QED) is 0.451. The van der Waals surface area contributed by atoms with Crippen LogP contribution in [0.15, 0.2) is 84.9 Å². The van der Waals surface area contributed by atoms with Crippen LogP contribution in [0.5, 0.6) is 0 Å². The summed E-state index contributed by atoms with van der Waals surface area (Å²) >= 11 is 1.64. The number of likely N-dealkylation sites (N-methyl/N-ethyl adjacent to an activating group) is 1. The molecule has 1 N–H and O–H groups in total. The number of hydrogen-bond acceptors (Lipinski definition) is 4. The van der Waals surface area contributed by atoms with Gasteiger partial charge in [-0.3, -0.25) is 10.1 Å². The van der Waals surface area contributed by atoms with E-state index in [0.717, 1.165) is 26.4 Å². The van der Waals surface area contributed by atoms with Gasteiger partial charge in [0.25, 0.3) is 0 Å². The third-order valence-corrected chi connectivity index (χ3v) is 6.57. The molecule has 1 amide bonds. The summed E-state index contributed by atoms with van der Waals surface area (Å²) < 4.78 is 1.14. The molecule has 0 bridgehead atoms. The predicted molar refractivity (Wildman–Crippen MR) is 124 cm³/mol. The second-order valence-electron chi connectivity index (χ2n) is 7.34. The Morgan fingerprint density at radius 3 is 2.10 bits per heavy atom. The Hall–Kier alpha value is -3.02. The van der Waals surface area contributed by atoms with E-state index in [4.69, 9.17) is 4.98 Å². The number of carbonyl (C=O) groups excluding carboxylic acids is 1. The van der Waals surface area contributed by atoms with Crippen LogP contribution in [0.25, 0.3) is 10.2 Å². The lowest BCUT2D eigenvalue weighted by Gasteiger charge is -2.25. The number of aromatic nitrogens is 1. The molecular weight excluding hydrogens is 390 g/mol. The van der Waals surface area contributed by atoms with Gasteiger partial charge < -0.3 is 4.90 Å². The van der Waals surface area contributed by atoms with Crippen molar-refractivity contribution in [3.63, 3.8) is 0 Å². The van der Waals surface area contributed by atoms with Crippen LogP contribution >= 0.6 is 11.3 Å². The average Bonchev–Trinajstić information content (AvgIpc) is 3.24. The van der Waals surface area contributed by atoms with Crippen molar-refractivity contribution in [1.29, 1.82) is 0 Å². The van der Waals surface area contributed by atoms with Gasteiger partial charge in [0.1, 0.15) is 5.01 Å². The van der Waals surface area contributed by atoms with Crippen LogP contribution in [-0.2, 0) is 4.79 Å². The maximum Gasteiger partial charge on any atom is 0.236 e. The Balaban J connectivity index is 1.47. The fraction of sp³-hybridized carbons (Fsp3) is 0.200. The number of hydrogen-bond donors (Lipinski definition) is 1. The second-order valence-corrected chi connectivity index (χ2v) is 8.40. The molecule has 0 saturated carbocycles. The number of fused-ring (bicyclic) bond motifs is 1. The molecule has 3 aromatic carbocycles. The zero-order chi connectivity index (χ0) is 20.9. The molecule has 0 aliphatic heterocycles. The highest BCUT2D eigenvalue weighted by molar-refractivity contribution is 7.18. The van der Waals surface area contributed by atoms with Crippen LogP contribution in [0.2, 0.25) is 0 Å². The van der Waals surface area contributed by atoms with Crippen molar-refractivity contribution in [3.05, 3.63) is 101 Å². The van der Waals surface area contributed by atoms with E-state index in [1.54, 1.807) is 16.2 Å². The summed E-state index contributed by atoms with van der Waals surface area (Å²) in [6.07, 6.45) is 0. The van der Waals surface area contributed by atoms with E-state index >= 15 is 0 Å². The predicted octanol–water partition coefficient (Wildman–Crippen LogP) is 5.19. The minimum absolute atomic E-state index is 0.0393. The van der Waals surface area contributed by atoms with Crippen molar-refractivity contribution in [3.8, 4) is 0 Å². The Labute approximate surface area is 181 Å². The van der Waals surface area contributed by atoms with Crippen molar-refractivity contribution in [2.75, 3.05) is 13.6 Å². The highest BCUT2D eigenvalue weighted by Crippen LogP contribution is 2.29. The molecule has 4 rings (SSSR count). The van der Waals surface area contributed by atoms with Gasteiger partial charge in [0.15, 0.2) is 0 Å². The first kappa shape index (κ1) is 20.3. The normalized spacial score (nSPS) is 12.2. The molecule has 5 heteroatoms. The van der Waals surface area contributed by atoms with Gasteiger partial charge in [-0.2, -0.15) is 0 Å². The SMILES string of the molecule is C[C@H](c1nc2ccccc2s1)N(C)C(=O)CNC(c1ccccc1)c1ccccc1. The molecule has 1 heterocycles. The fourth-order valence-corrected chi connectivity index (χ4v) is 4.55. The number of carbonyl (C=O) groups is 1. The molecule has 0 fully saturated rings. The van der Waals surface area contributed by atoms with Gasteiger partial charge in [-0.1, -0.05) is 72.8 Å². The monoisotopic (exact) mass is 415 g/mol. The van der Waals surface area contributed by atoms with Crippen LogP contribution in [-0.4, -0.2) is 29.4 Å². The number of benzene rings is 3. The van der Waals surface area contributed by atoms with Gasteiger partial charge in [-0.25, -0.2) is 4.98 Å². The smallest absolute Gasteiger partial charge is 0.236 e. The Morgan fingerprint density at radius 2 is 1.50 bits per heavy atom. The summed E-state index contributed by atoms with van der Waals surface area (Å²) in [6.45, 7) is 2.28. The molecule has 4 aromatic rings. The first-order chi connectivity index (χ1) is 14.6. The van der Waals surface area contributed by atoms with Gasteiger partial charge >= 0.3 is 0 Å². The minimum atomic E-state index is -0.0800. The summed E-state index contributed by atoms with van der Waals surface area (Å²) in [5.41, 5.74) is 3.26. The molecule has 1 atom stereocenters. The molecule has 4 nitrogen and oxygen atoms in total. The van der Waals surface area contributed by atoms with E-state index in [1.807, 2.05) is 68.6 Å². The van der Waals surface area contributed by atoms with Crippen LogP contribution in [0, 0.1) is 0 Å². The lowest BCUT2D eigenvalue weighted by molar-refractivity contribution is -0.130. The third-order valence-electron chi connectivity index (χ3n) is 5.37. The summed E-state index contributed by atoms with van der Waals surface area (Å²) in [5, 5.41) is 4.41. The van der Waals surface area contributed by atoms with E-state index in [9.17, 15) is 4.79 Å². The standard InChI is InChI=1S/C25H25N3OS/c1-18(25-27-21-15-9-10-16-22(21)30-25)28(2)23(29)17-26-24(19-11-5-3-6-12-19)20-13-7-4-8-14-20/h3-16,18,24,26H,17H2,1-2H3/t18-/m1/s1. The Morgan fingerprint density at radius 1 is 0.933 bits per heavy atom. The molecule has 152 valence electrons. The molecule has 0 spiro atoms. The lowest BCUT2D eigenvalue weighted by atomic mass is 9.99. The van der Waals surface area contributed by atoms with Crippen molar-refractivity contribution >= 4 is 27.5 Å². The number of para-hydroxylation sites is 1. The number of nitrogens with one attached hydrogen (secondary N) is 1. The molecule has 30 heavy (non-hydrogen) atoms. The summed E-state index contributed by atoms with van der Waals surface area (Å²) in [7, 11) is 1.85. The van der Waals surface area contributed by atoms with Crippen LogP contribution < -0.4 is 5.32 Å². The maximum absolute atomic E-state index is 13.0. The van der Waals surface area contributed by atoms with E-state index < -0.39 is 0 Å². The molecule has 0 saturated heterocycles. The van der Waals surface area contributed by atoms with Gasteiger partial charge in [-0.05, 0) is 30.2 Å². The molecule has 1 aromatic heterocycles. The molecule has 0 unspecified atom stereocenters. The van der Waals surface area contributed by atoms with Crippen LogP contribution in [0.3, 0.4) is 0 Å². The Kier molecular flexibility index (Phi) is 6.21. The summed E-state index contributed by atoms with van der Waals surface area (Å²) in [4.78, 5) is 19.5. The highest BCUT2D eigenvalue weighted by Gasteiger charge is 2.22. The van der Waals surface area contributed by atoms with E-state index in [0.29, 0.717) is 0 Å². The van der Waals surface area contributed by atoms with Crippen molar-refractivity contribution in [2.45, 2.75) is 19.0 Å². The Bertz CT molecular complexity index is 1040. The number of nitrogens with zero attached hydrogens (tertiary/aromatic N) is 2. The minimum Gasteiger partial charge on any atom is -0.335 e. The fourth-order valence-electron chi connectivity index (χ4n) is 3.48. The highest BCUT2D eigenvalue weighted by atomic mass is 32.1. The van der Waals surface area contributed by atoms with Gasteiger partial charge in [-0.15, -0.1) is 11.3 Å². The largest absolute Gasteiger partial charge is 0.335 e. The van der Waals surface area contributed by atoms with Crippen LogP contribution in [0.4, 0.5) is 0 Å². The number of thiazole rings is 1. The van der Waals surface area contributed by atoms with E-state index in [1.165, 1.54) is 0 Å². The third kappa shape index (κ3) is 4.42. The van der Waals surface area contributed by atoms with Gasteiger partial charge in [0.2, 0.25) is 5.91 Å². The maximum atomic E-state index is 13.0. The van der Waals surface area contributed by atoms with Crippen molar-refractivity contribution in [1.82, 2.24) is 15.2 Å². The van der Waals surface area contributed by atoms with E-state index in [2.05, 4.69) is 35.6 Å². The first-order valence-electron chi connectivity index (χ1n) is 10.1. The molecule has 0 radical (unpaired) electrons. The molecule has 0 aliphatic carbocycles. The van der Waals surface area contributed by atoms with Crippen molar-refractivity contribution < 1.29 is 4.79 Å². The zero-order valence-electron chi connectivity index (χ0n) is 17.2. The summed E-state index contributed by atoms with van der Waals surface area (Å²) in [6, 6.07) is 28.4. The number of rotatable bonds is 7. The van der Waals surface area contributed by atoms with E-state index in [-0.39, 0.29) is 24.5 Å².